The van der Waals surface area contributed by atoms with Crippen LogP contribution in [0.4, 0.5) is 0 Å². The smallest absolute Gasteiger partial charge is 0.0132 e. The van der Waals surface area contributed by atoms with E-state index in [-0.39, 0.29) is 41.1 Å². The number of aryl methyl sites for hydroxylation is 1. The predicted octanol–water partition coefficient (Wildman–Crippen LogP) is 8.94. The number of hydrogen-bond donors (Lipinski definition) is 0. The molecule has 0 amide bonds. The molecule has 0 spiro atoms. The van der Waals surface area contributed by atoms with Crippen LogP contribution in [0.5, 0.6) is 0 Å². The largest absolute Gasteiger partial charge is 1.00 e. The summed E-state index contributed by atoms with van der Waals surface area (Å²) in [6.07, 6.45) is 0. The van der Waals surface area contributed by atoms with Crippen molar-refractivity contribution in [2.24, 2.45) is 0 Å². The van der Waals surface area contributed by atoms with Crippen LogP contribution >= 0.6 is 0 Å². The van der Waals surface area contributed by atoms with Gasteiger partial charge in [0.15, 0.2) is 0 Å². The van der Waals surface area contributed by atoms with Crippen LogP contribution in [0, 0.1) is 6.92 Å². The summed E-state index contributed by atoms with van der Waals surface area (Å²) in [5.74, 6) is 0.584. The maximum absolute atomic E-state index is 2.36. The van der Waals surface area contributed by atoms with Crippen molar-refractivity contribution < 1.29 is 48.1 Å². The summed E-state index contributed by atoms with van der Waals surface area (Å²) < 4.78 is 0. The van der Waals surface area contributed by atoms with E-state index in [0.29, 0.717) is 5.92 Å². The molecule has 0 bridgehead atoms. The Kier molecular flexibility index (Phi) is 16.2. The molecule has 7 aromatic rings. The molecule has 54 heavy (non-hydrogen) atoms. The first-order valence-electron chi connectivity index (χ1n) is 18.7. The summed E-state index contributed by atoms with van der Waals surface area (Å²) >= 11 is 1.74. The van der Waals surface area contributed by atoms with Gasteiger partial charge in [0.05, 0.1) is 0 Å². The molecule has 0 radical (unpaired) electrons. The SMILES string of the molecule is CC(C)c1cc2c(-c3ccccc3)cccc2[cH-]1.C[Si](C)=[Zr+2].Cc1cc2c(-c3ccc(C(C)(C)C)cc3)cc(-c3ccc(C(C)(C)C)cc3)cc2[cH-]1.[Cl-].[Cl-]. The van der Waals surface area contributed by atoms with E-state index >= 15 is 0 Å². The van der Waals surface area contributed by atoms with Crippen molar-refractivity contribution in [3.63, 3.8) is 0 Å². The van der Waals surface area contributed by atoms with E-state index in [1.165, 1.54) is 77.2 Å². The Labute approximate surface area is 353 Å². The second-order valence-electron chi connectivity index (χ2n) is 16.8. The van der Waals surface area contributed by atoms with Gasteiger partial charge in [-0.1, -0.05) is 170 Å². The quantitative estimate of drug-likeness (QED) is 0.123. The van der Waals surface area contributed by atoms with Crippen LogP contribution in [0.3, 0.4) is 0 Å². The monoisotopic (exact) mass is 844 g/mol. The maximum atomic E-state index is 2.36. The summed E-state index contributed by atoms with van der Waals surface area (Å²) in [5.41, 5.74) is 13.8. The van der Waals surface area contributed by atoms with Gasteiger partial charge in [0.25, 0.3) is 0 Å². The van der Waals surface area contributed by atoms with Gasteiger partial charge in [-0.3, -0.25) is 0 Å². The molecule has 0 aromatic heterocycles. The molecule has 7 rings (SSSR count). The molecule has 0 saturated carbocycles. The minimum absolute atomic E-state index is 0. The summed E-state index contributed by atoms with van der Waals surface area (Å²) in [6.45, 7) is 24.9. The Morgan fingerprint density at radius 2 is 1.02 bits per heavy atom. The zero-order chi connectivity index (χ0) is 37.8. The standard InChI is InChI=1S/C30H33.C18H17.C2H6Si.2ClH.Zr/c1-20-16-24-18-23(21-8-12-25(13-9-21)29(2,3)4)19-28(27(24)17-20)22-10-14-26(15-11-22)30(5,6)7;1-13(2)16-11-15-9-6-10-17(18(15)12-16)14-7-4-3-5-8-14;1-3-2;;;/h8-19H,1-7H3;3-13H,1-2H3;1-2H3;2*1H;/q2*-1;;;;+2/p-2. The minimum Gasteiger partial charge on any atom is -1.00 e. The van der Waals surface area contributed by atoms with Crippen LogP contribution in [-0.4, -0.2) is 5.43 Å². The molecule has 280 valence electrons. The molecule has 0 fully saturated rings. The molecule has 0 heterocycles. The maximum Gasteiger partial charge on any atom is -0.0132 e. The Bertz CT molecular complexity index is 2250. The average molecular weight is 847 g/mol. The summed E-state index contributed by atoms with van der Waals surface area (Å²) in [7, 11) is 0. The van der Waals surface area contributed by atoms with Crippen molar-refractivity contribution in [1.29, 1.82) is 0 Å². The van der Waals surface area contributed by atoms with Crippen LogP contribution in [-0.2, 0) is 34.2 Å². The number of rotatable bonds is 4. The van der Waals surface area contributed by atoms with E-state index in [2.05, 4.69) is 209 Å². The Morgan fingerprint density at radius 1 is 0.519 bits per heavy atom. The van der Waals surface area contributed by atoms with Crippen LogP contribution < -0.4 is 24.8 Å². The van der Waals surface area contributed by atoms with Gasteiger partial charge < -0.3 is 24.8 Å². The normalized spacial score (nSPS) is 11.2. The molecule has 0 aliphatic heterocycles. The van der Waals surface area contributed by atoms with Gasteiger partial charge >= 0.3 is 41.9 Å². The van der Waals surface area contributed by atoms with Gasteiger partial charge in [0.1, 0.15) is 0 Å². The molecular formula is C50H56Cl2SiZr-2. The van der Waals surface area contributed by atoms with Crippen LogP contribution in [0.1, 0.15) is 83.6 Å². The third kappa shape index (κ3) is 11.5. The van der Waals surface area contributed by atoms with Crippen molar-refractivity contribution in [2.75, 3.05) is 0 Å². The zero-order valence-electron chi connectivity index (χ0n) is 34.0. The first kappa shape index (κ1) is 45.4. The van der Waals surface area contributed by atoms with Gasteiger partial charge in [0.2, 0.25) is 0 Å². The van der Waals surface area contributed by atoms with Crippen molar-refractivity contribution >= 4 is 27.0 Å². The molecule has 7 aromatic carbocycles. The third-order valence-electron chi connectivity index (χ3n) is 9.64. The number of hydrogen-bond acceptors (Lipinski definition) is 0. The summed E-state index contributed by atoms with van der Waals surface area (Å²) in [4.78, 5) is 0. The van der Waals surface area contributed by atoms with Crippen LogP contribution in [0.25, 0.3) is 54.9 Å². The number of benzene rings is 5. The topological polar surface area (TPSA) is 0 Å². The van der Waals surface area contributed by atoms with Gasteiger partial charge in [-0.05, 0) is 44.6 Å². The fourth-order valence-corrected chi connectivity index (χ4v) is 6.65. The molecular weight excluding hydrogens is 791 g/mol. The van der Waals surface area contributed by atoms with E-state index in [1.807, 2.05) is 0 Å². The van der Waals surface area contributed by atoms with Crippen molar-refractivity contribution in [1.82, 2.24) is 0 Å². The van der Waals surface area contributed by atoms with Gasteiger partial charge in [-0.2, -0.15) is 12.1 Å². The molecule has 4 heteroatoms. The fraction of sp³-hybridized carbons (Fsp3) is 0.280. The molecule has 0 unspecified atom stereocenters. The number of halogens is 2. The van der Waals surface area contributed by atoms with Crippen molar-refractivity contribution in [3.05, 3.63) is 156 Å². The van der Waals surface area contributed by atoms with E-state index in [9.17, 15) is 0 Å². The van der Waals surface area contributed by atoms with Crippen molar-refractivity contribution in [2.45, 2.75) is 92.2 Å². The molecule has 0 aliphatic rings. The van der Waals surface area contributed by atoms with Gasteiger partial charge in [0, 0.05) is 0 Å². The molecule has 0 saturated heterocycles. The third-order valence-corrected chi connectivity index (χ3v) is 9.64. The second kappa shape index (κ2) is 19.2. The molecule has 0 nitrogen and oxygen atoms in total. The van der Waals surface area contributed by atoms with Gasteiger partial charge in [-0.15, -0.1) is 63.0 Å². The van der Waals surface area contributed by atoms with Crippen LogP contribution in [0.2, 0.25) is 13.1 Å². The molecule has 0 N–H and O–H groups in total. The van der Waals surface area contributed by atoms with Crippen molar-refractivity contribution in [3.8, 4) is 33.4 Å². The Balaban J connectivity index is 0.000000279. The summed E-state index contributed by atoms with van der Waals surface area (Å²) in [6, 6.07) is 49.3. The Hall–Kier alpha value is -3.00. The van der Waals surface area contributed by atoms with Gasteiger partial charge in [-0.25, -0.2) is 0 Å². The predicted molar refractivity (Wildman–Crippen MR) is 229 cm³/mol. The van der Waals surface area contributed by atoms with Crippen LogP contribution in [0.15, 0.2) is 133 Å². The van der Waals surface area contributed by atoms with E-state index in [0.717, 1.165) is 0 Å². The minimum atomic E-state index is 0. The first-order valence-corrected chi connectivity index (χ1v) is 24.9. The van der Waals surface area contributed by atoms with E-state index in [1.54, 1.807) is 23.3 Å². The van der Waals surface area contributed by atoms with E-state index in [4.69, 9.17) is 0 Å². The summed E-state index contributed by atoms with van der Waals surface area (Å²) in [5, 5.41) is 5.37. The van der Waals surface area contributed by atoms with E-state index < -0.39 is 0 Å². The second-order valence-corrected chi connectivity index (χ2v) is 26.2. The first-order chi connectivity index (χ1) is 24.5. The number of fused-ring (bicyclic) bond motifs is 2. The Morgan fingerprint density at radius 3 is 1.54 bits per heavy atom. The zero-order valence-corrected chi connectivity index (χ0v) is 39.0. The molecule has 0 atom stereocenters. The fourth-order valence-electron chi connectivity index (χ4n) is 6.65. The molecule has 0 aliphatic carbocycles. The average Bonchev–Trinajstić information content (AvgIpc) is 3.71.